The second kappa shape index (κ2) is 6.44. The Balaban J connectivity index is 2.15. The van der Waals surface area contributed by atoms with Crippen LogP contribution in [0.4, 0.5) is 0 Å². The average Bonchev–Trinajstić information content (AvgIpc) is 2.16. The highest BCUT2D eigenvalue weighted by molar-refractivity contribution is 5.78. The predicted molar refractivity (Wildman–Crippen MR) is 57.1 cm³/mol. The van der Waals surface area contributed by atoms with Crippen LogP contribution in [0.5, 0.6) is 0 Å². The third-order valence-electron chi connectivity index (χ3n) is 2.45. The first kappa shape index (κ1) is 12.9. The van der Waals surface area contributed by atoms with E-state index < -0.39 is 12.6 Å². The summed E-state index contributed by atoms with van der Waals surface area (Å²) in [6, 6.07) is 0.152. The number of carboxylic acids is 1. The molecule has 0 aromatic rings. The maximum absolute atomic E-state index is 11.4. The number of likely N-dealkylation sites (N-methyl/N-ethyl adjacent to an activating group) is 1. The molecule has 1 rings (SSSR count). The molecular formula is C10H18N2O4. The fraction of sp³-hybridized carbons (Fsp3) is 0.800. The summed E-state index contributed by atoms with van der Waals surface area (Å²) in [4.78, 5) is 23.7. The predicted octanol–water partition coefficient (Wildman–Crippen LogP) is -0.702. The third kappa shape index (κ3) is 5.09. The highest BCUT2D eigenvalue weighted by Crippen LogP contribution is 2.07. The number of nitrogens with one attached hydrogen (secondary N) is 1. The van der Waals surface area contributed by atoms with E-state index in [1.54, 1.807) is 0 Å². The van der Waals surface area contributed by atoms with Gasteiger partial charge in [-0.3, -0.25) is 4.79 Å². The maximum atomic E-state index is 11.4. The van der Waals surface area contributed by atoms with Gasteiger partial charge in [-0.2, -0.15) is 0 Å². The Morgan fingerprint density at radius 1 is 1.50 bits per heavy atom. The molecule has 0 saturated carbocycles. The second-order valence-corrected chi connectivity index (χ2v) is 4.06. The second-order valence-electron chi connectivity index (χ2n) is 4.06. The van der Waals surface area contributed by atoms with Crippen LogP contribution in [0, 0.1) is 0 Å². The summed E-state index contributed by atoms with van der Waals surface area (Å²) in [5.74, 6) is -1.31. The van der Waals surface area contributed by atoms with E-state index in [0.29, 0.717) is 0 Å². The van der Waals surface area contributed by atoms with Crippen molar-refractivity contribution in [2.75, 3.05) is 33.4 Å². The average molecular weight is 230 g/mol. The summed E-state index contributed by atoms with van der Waals surface area (Å²) in [6.07, 6.45) is 2.03. The van der Waals surface area contributed by atoms with Gasteiger partial charge in [0.15, 0.2) is 0 Å². The van der Waals surface area contributed by atoms with Gasteiger partial charge in [0.1, 0.15) is 13.2 Å². The molecule has 92 valence electrons. The van der Waals surface area contributed by atoms with Crippen LogP contribution in [-0.4, -0.2) is 61.3 Å². The van der Waals surface area contributed by atoms with Crippen molar-refractivity contribution >= 4 is 11.9 Å². The standard InChI is InChI=1S/C10H18N2O4/c1-12-4-2-3-8(5-12)11-9(13)6-16-7-10(14)15/h8H,2-7H2,1H3,(H,11,13)(H,14,15). The van der Waals surface area contributed by atoms with E-state index in [1.807, 2.05) is 7.05 Å². The Labute approximate surface area is 94.6 Å². The van der Waals surface area contributed by atoms with Crippen LogP contribution in [0.1, 0.15) is 12.8 Å². The van der Waals surface area contributed by atoms with Crippen LogP contribution in [0.25, 0.3) is 0 Å². The lowest BCUT2D eigenvalue weighted by molar-refractivity contribution is -0.143. The molecule has 1 heterocycles. The molecule has 1 fully saturated rings. The van der Waals surface area contributed by atoms with Gasteiger partial charge in [0.05, 0.1) is 0 Å². The Kier molecular flexibility index (Phi) is 5.21. The Morgan fingerprint density at radius 3 is 2.88 bits per heavy atom. The molecule has 6 nitrogen and oxygen atoms in total. The van der Waals surface area contributed by atoms with Gasteiger partial charge in [-0.15, -0.1) is 0 Å². The SMILES string of the molecule is CN1CCCC(NC(=O)COCC(=O)O)C1. The fourth-order valence-corrected chi connectivity index (χ4v) is 1.78. The van der Waals surface area contributed by atoms with Crippen molar-refractivity contribution in [2.24, 2.45) is 0 Å². The van der Waals surface area contributed by atoms with Gasteiger partial charge in [-0.05, 0) is 26.4 Å². The van der Waals surface area contributed by atoms with E-state index >= 15 is 0 Å². The number of nitrogens with zero attached hydrogens (tertiary/aromatic N) is 1. The van der Waals surface area contributed by atoms with E-state index in [0.717, 1.165) is 25.9 Å². The molecule has 0 spiro atoms. The van der Waals surface area contributed by atoms with Crippen LogP contribution in [0.15, 0.2) is 0 Å². The number of carboxylic acid groups (broad SMARTS) is 1. The third-order valence-corrected chi connectivity index (χ3v) is 2.45. The van der Waals surface area contributed by atoms with Crippen molar-refractivity contribution in [1.29, 1.82) is 0 Å². The minimum Gasteiger partial charge on any atom is -0.480 e. The van der Waals surface area contributed by atoms with Gasteiger partial charge in [0.2, 0.25) is 5.91 Å². The Hall–Kier alpha value is -1.14. The molecule has 0 aromatic heterocycles. The van der Waals surface area contributed by atoms with Crippen molar-refractivity contribution in [2.45, 2.75) is 18.9 Å². The number of rotatable bonds is 5. The van der Waals surface area contributed by atoms with Crippen molar-refractivity contribution in [3.63, 3.8) is 0 Å². The number of hydrogen-bond donors (Lipinski definition) is 2. The Bertz CT molecular complexity index is 257. The lowest BCUT2D eigenvalue weighted by atomic mass is 10.1. The van der Waals surface area contributed by atoms with E-state index in [-0.39, 0.29) is 18.6 Å². The molecule has 1 aliphatic heterocycles. The van der Waals surface area contributed by atoms with Crippen LogP contribution >= 0.6 is 0 Å². The van der Waals surface area contributed by atoms with Gasteiger partial charge in [0, 0.05) is 12.6 Å². The number of hydrogen-bond acceptors (Lipinski definition) is 4. The molecule has 0 radical (unpaired) electrons. The summed E-state index contributed by atoms with van der Waals surface area (Å²) >= 11 is 0. The smallest absolute Gasteiger partial charge is 0.329 e. The molecule has 1 saturated heterocycles. The number of likely N-dealkylation sites (tertiary alicyclic amines) is 1. The largest absolute Gasteiger partial charge is 0.480 e. The van der Waals surface area contributed by atoms with Crippen molar-refractivity contribution in [3.05, 3.63) is 0 Å². The molecule has 0 bridgehead atoms. The van der Waals surface area contributed by atoms with Crippen LogP contribution < -0.4 is 5.32 Å². The molecule has 1 atom stereocenters. The molecule has 1 unspecified atom stereocenters. The lowest BCUT2D eigenvalue weighted by Crippen LogP contribution is -2.47. The number of ether oxygens (including phenoxy) is 1. The first-order valence-corrected chi connectivity index (χ1v) is 5.35. The number of aliphatic carboxylic acids is 1. The molecular weight excluding hydrogens is 212 g/mol. The van der Waals surface area contributed by atoms with Crippen LogP contribution in [-0.2, 0) is 14.3 Å². The van der Waals surface area contributed by atoms with Gasteiger partial charge in [-0.25, -0.2) is 4.79 Å². The summed E-state index contributed by atoms with van der Waals surface area (Å²) < 4.78 is 4.70. The molecule has 0 aliphatic carbocycles. The zero-order chi connectivity index (χ0) is 12.0. The Morgan fingerprint density at radius 2 is 2.25 bits per heavy atom. The van der Waals surface area contributed by atoms with E-state index in [2.05, 4.69) is 10.2 Å². The van der Waals surface area contributed by atoms with Crippen molar-refractivity contribution in [3.8, 4) is 0 Å². The number of carbonyl (C=O) groups is 2. The van der Waals surface area contributed by atoms with Gasteiger partial charge in [-0.1, -0.05) is 0 Å². The molecule has 6 heteroatoms. The van der Waals surface area contributed by atoms with Gasteiger partial charge >= 0.3 is 5.97 Å². The number of carbonyl (C=O) groups excluding carboxylic acids is 1. The number of piperidine rings is 1. The minimum atomic E-state index is -1.06. The van der Waals surface area contributed by atoms with Gasteiger partial charge in [0.25, 0.3) is 0 Å². The monoisotopic (exact) mass is 230 g/mol. The molecule has 0 aromatic carbocycles. The summed E-state index contributed by atoms with van der Waals surface area (Å²) in [5, 5.41) is 11.1. The molecule has 1 aliphatic rings. The highest BCUT2D eigenvalue weighted by atomic mass is 16.5. The summed E-state index contributed by atoms with van der Waals surface area (Å²) in [6.45, 7) is 1.27. The van der Waals surface area contributed by atoms with Crippen molar-refractivity contribution in [1.82, 2.24) is 10.2 Å². The highest BCUT2D eigenvalue weighted by Gasteiger charge is 2.18. The number of amides is 1. The topological polar surface area (TPSA) is 78.9 Å². The maximum Gasteiger partial charge on any atom is 0.329 e. The van der Waals surface area contributed by atoms with Gasteiger partial charge < -0.3 is 20.1 Å². The zero-order valence-electron chi connectivity index (χ0n) is 9.44. The first-order valence-electron chi connectivity index (χ1n) is 5.35. The lowest BCUT2D eigenvalue weighted by Gasteiger charge is -2.30. The fourth-order valence-electron chi connectivity index (χ4n) is 1.78. The summed E-state index contributed by atoms with van der Waals surface area (Å²) in [5.41, 5.74) is 0. The van der Waals surface area contributed by atoms with E-state index in [1.165, 1.54) is 0 Å². The first-order chi connectivity index (χ1) is 7.58. The van der Waals surface area contributed by atoms with Crippen LogP contribution in [0.2, 0.25) is 0 Å². The molecule has 1 amide bonds. The molecule has 16 heavy (non-hydrogen) atoms. The zero-order valence-corrected chi connectivity index (χ0v) is 9.44. The van der Waals surface area contributed by atoms with Crippen molar-refractivity contribution < 1.29 is 19.4 Å². The van der Waals surface area contributed by atoms with E-state index in [9.17, 15) is 9.59 Å². The quantitative estimate of drug-likeness (QED) is 0.653. The minimum absolute atomic E-state index is 0.152. The van der Waals surface area contributed by atoms with E-state index in [4.69, 9.17) is 9.84 Å². The summed E-state index contributed by atoms with van der Waals surface area (Å²) in [7, 11) is 2.01. The normalized spacial score (nSPS) is 21.7. The molecule has 2 N–H and O–H groups in total. The van der Waals surface area contributed by atoms with Crippen LogP contribution in [0.3, 0.4) is 0 Å².